The van der Waals surface area contributed by atoms with Gasteiger partial charge in [0.25, 0.3) is 0 Å². The van der Waals surface area contributed by atoms with Crippen LogP contribution < -0.4 is 5.32 Å². The van der Waals surface area contributed by atoms with E-state index in [2.05, 4.69) is 15.3 Å². The summed E-state index contributed by atoms with van der Waals surface area (Å²) in [6.45, 7) is 3.60. The van der Waals surface area contributed by atoms with Crippen molar-refractivity contribution in [1.82, 2.24) is 14.5 Å². The summed E-state index contributed by atoms with van der Waals surface area (Å²) < 4.78 is 2.00. The first-order chi connectivity index (χ1) is 8.70. The lowest BCUT2D eigenvalue weighted by Gasteiger charge is -2.06. The standard InChI is InChI=1S/C11H14N4O2S/c1-2-15-6-5-13-11(15)12-4-3-9-14-8(7-18-9)10(16)17/h5-7H,2-4H2,1H3,(H,12,13)(H,16,17). The maximum atomic E-state index is 10.7. The van der Waals surface area contributed by atoms with Gasteiger partial charge in [0.2, 0.25) is 5.95 Å². The molecule has 0 atom stereocenters. The lowest BCUT2D eigenvalue weighted by atomic mass is 10.4. The molecule has 0 aliphatic carbocycles. The van der Waals surface area contributed by atoms with Crippen LogP contribution in [0, 0.1) is 0 Å². The number of carbonyl (C=O) groups is 1. The molecule has 0 aliphatic rings. The van der Waals surface area contributed by atoms with Gasteiger partial charge < -0.3 is 15.0 Å². The molecule has 0 bridgehead atoms. The van der Waals surface area contributed by atoms with Gasteiger partial charge in [-0.3, -0.25) is 0 Å². The Balaban J connectivity index is 1.86. The van der Waals surface area contributed by atoms with Crippen LogP contribution >= 0.6 is 11.3 Å². The second kappa shape index (κ2) is 5.63. The van der Waals surface area contributed by atoms with E-state index >= 15 is 0 Å². The molecule has 2 heterocycles. The van der Waals surface area contributed by atoms with Gasteiger partial charge in [-0.15, -0.1) is 11.3 Å². The van der Waals surface area contributed by atoms with Crippen molar-refractivity contribution in [3.63, 3.8) is 0 Å². The van der Waals surface area contributed by atoms with Crippen molar-refractivity contribution in [2.75, 3.05) is 11.9 Å². The number of aromatic carboxylic acids is 1. The molecule has 0 saturated heterocycles. The largest absolute Gasteiger partial charge is 0.476 e. The monoisotopic (exact) mass is 266 g/mol. The van der Waals surface area contributed by atoms with Crippen LogP contribution in [0.5, 0.6) is 0 Å². The Bertz CT molecular complexity index is 535. The van der Waals surface area contributed by atoms with Crippen molar-refractivity contribution in [3.05, 3.63) is 28.5 Å². The molecule has 2 rings (SSSR count). The summed E-state index contributed by atoms with van der Waals surface area (Å²) in [4.78, 5) is 18.9. The van der Waals surface area contributed by atoms with Crippen LogP contribution in [0.3, 0.4) is 0 Å². The Labute approximate surface area is 108 Å². The van der Waals surface area contributed by atoms with E-state index in [0.717, 1.165) is 17.5 Å². The van der Waals surface area contributed by atoms with Gasteiger partial charge >= 0.3 is 5.97 Å². The summed E-state index contributed by atoms with van der Waals surface area (Å²) in [7, 11) is 0. The van der Waals surface area contributed by atoms with E-state index in [0.29, 0.717) is 13.0 Å². The predicted octanol–water partition coefficient (Wildman–Crippen LogP) is 1.71. The highest BCUT2D eigenvalue weighted by Crippen LogP contribution is 2.11. The van der Waals surface area contributed by atoms with Crippen molar-refractivity contribution < 1.29 is 9.90 Å². The van der Waals surface area contributed by atoms with Crippen LogP contribution in [0.1, 0.15) is 22.4 Å². The molecular formula is C11H14N4O2S. The van der Waals surface area contributed by atoms with E-state index in [1.165, 1.54) is 11.3 Å². The van der Waals surface area contributed by atoms with Gasteiger partial charge in [-0.25, -0.2) is 14.8 Å². The summed E-state index contributed by atoms with van der Waals surface area (Å²) in [5, 5.41) is 14.3. The van der Waals surface area contributed by atoms with Gasteiger partial charge in [0.15, 0.2) is 5.69 Å². The fourth-order valence-corrected chi connectivity index (χ4v) is 2.31. The molecule has 2 N–H and O–H groups in total. The molecule has 18 heavy (non-hydrogen) atoms. The first-order valence-corrected chi connectivity index (χ1v) is 6.51. The predicted molar refractivity (Wildman–Crippen MR) is 69.2 cm³/mol. The zero-order valence-corrected chi connectivity index (χ0v) is 10.8. The Morgan fingerprint density at radius 3 is 3.11 bits per heavy atom. The first-order valence-electron chi connectivity index (χ1n) is 5.63. The van der Waals surface area contributed by atoms with Gasteiger partial charge in [-0.2, -0.15) is 0 Å². The van der Waals surface area contributed by atoms with E-state index in [-0.39, 0.29) is 5.69 Å². The van der Waals surface area contributed by atoms with E-state index < -0.39 is 5.97 Å². The van der Waals surface area contributed by atoms with Gasteiger partial charge in [-0.1, -0.05) is 0 Å². The molecule has 0 aliphatic heterocycles. The molecule has 0 radical (unpaired) electrons. The normalized spacial score (nSPS) is 10.5. The number of nitrogens with one attached hydrogen (secondary N) is 1. The molecule has 0 saturated carbocycles. The van der Waals surface area contributed by atoms with Gasteiger partial charge in [0.1, 0.15) is 0 Å². The Morgan fingerprint density at radius 2 is 2.44 bits per heavy atom. The molecular weight excluding hydrogens is 252 g/mol. The molecule has 2 aromatic heterocycles. The number of hydrogen-bond acceptors (Lipinski definition) is 5. The summed E-state index contributed by atoms with van der Waals surface area (Å²) in [5.74, 6) is -0.153. The molecule has 96 valence electrons. The van der Waals surface area contributed by atoms with Crippen LogP contribution in [-0.4, -0.2) is 32.2 Å². The van der Waals surface area contributed by atoms with E-state index in [1.54, 1.807) is 11.6 Å². The zero-order valence-electron chi connectivity index (χ0n) is 9.96. The maximum absolute atomic E-state index is 10.7. The van der Waals surface area contributed by atoms with Crippen LogP contribution in [0.25, 0.3) is 0 Å². The smallest absolute Gasteiger partial charge is 0.355 e. The molecule has 2 aromatic rings. The van der Waals surface area contributed by atoms with Crippen molar-refractivity contribution in [3.8, 4) is 0 Å². The highest BCUT2D eigenvalue weighted by atomic mass is 32.1. The number of aromatic nitrogens is 3. The summed E-state index contributed by atoms with van der Waals surface area (Å²) in [6, 6.07) is 0. The average molecular weight is 266 g/mol. The lowest BCUT2D eigenvalue weighted by Crippen LogP contribution is -2.10. The van der Waals surface area contributed by atoms with Crippen LogP contribution in [0.4, 0.5) is 5.95 Å². The van der Waals surface area contributed by atoms with Crippen LogP contribution in [0.2, 0.25) is 0 Å². The molecule has 0 unspecified atom stereocenters. The van der Waals surface area contributed by atoms with Crippen molar-refractivity contribution in [1.29, 1.82) is 0 Å². The topological polar surface area (TPSA) is 80.0 Å². The van der Waals surface area contributed by atoms with Crippen molar-refractivity contribution in [2.45, 2.75) is 19.9 Å². The zero-order chi connectivity index (χ0) is 13.0. The molecule has 0 spiro atoms. The minimum atomic E-state index is -0.980. The van der Waals surface area contributed by atoms with E-state index in [4.69, 9.17) is 5.11 Å². The number of anilines is 1. The summed E-state index contributed by atoms with van der Waals surface area (Å²) in [5.41, 5.74) is 0.116. The van der Waals surface area contributed by atoms with Crippen molar-refractivity contribution >= 4 is 23.3 Å². The number of carboxylic acids is 1. The number of carboxylic acid groups (broad SMARTS) is 1. The third-order valence-corrected chi connectivity index (χ3v) is 3.36. The SMILES string of the molecule is CCn1ccnc1NCCc1nc(C(=O)O)cs1. The average Bonchev–Trinajstić information content (AvgIpc) is 2.97. The molecule has 0 fully saturated rings. The van der Waals surface area contributed by atoms with E-state index in [1.807, 2.05) is 17.7 Å². The number of rotatable bonds is 6. The lowest BCUT2D eigenvalue weighted by molar-refractivity contribution is 0.0691. The Hall–Kier alpha value is -1.89. The molecule has 0 amide bonds. The Morgan fingerprint density at radius 1 is 1.61 bits per heavy atom. The van der Waals surface area contributed by atoms with Crippen molar-refractivity contribution in [2.24, 2.45) is 0 Å². The maximum Gasteiger partial charge on any atom is 0.355 e. The van der Waals surface area contributed by atoms with Gasteiger partial charge in [0.05, 0.1) is 5.01 Å². The second-order valence-electron chi connectivity index (χ2n) is 3.65. The summed E-state index contributed by atoms with van der Waals surface area (Å²) >= 11 is 1.37. The minimum Gasteiger partial charge on any atom is -0.476 e. The van der Waals surface area contributed by atoms with Crippen LogP contribution in [-0.2, 0) is 13.0 Å². The highest BCUT2D eigenvalue weighted by Gasteiger charge is 2.08. The van der Waals surface area contributed by atoms with E-state index in [9.17, 15) is 4.79 Å². The number of aryl methyl sites for hydroxylation is 1. The fourth-order valence-electron chi connectivity index (χ4n) is 1.54. The fraction of sp³-hybridized carbons (Fsp3) is 0.364. The Kier molecular flexibility index (Phi) is 3.93. The van der Waals surface area contributed by atoms with Crippen LogP contribution in [0.15, 0.2) is 17.8 Å². The molecule has 0 aromatic carbocycles. The second-order valence-corrected chi connectivity index (χ2v) is 4.59. The first kappa shape index (κ1) is 12.6. The quantitative estimate of drug-likeness (QED) is 0.832. The number of nitrogens with zero attached hydrogens (tertiary/aromatic N) is 3. The van der Waals surface area contributed by atoms with Gasteiger partial charge in [-0.05, 0) is 6.92 Å². The summed E-state index contributed by atoms with van der Waals surface area (Å²) in [6.07, 6.45) is 4.35. The number of thiazole rings is 1. The van der Waals surface area contributed by atoms with Gasteiger partial charge in [0, 0.05) is 37.3 Å². The molecule has 7 heteroatoms. The highest BCUT2D eigenvalue weighted by molar-refractivity contribution is 7.09. The molecule has 6 nitrogen and oxygen atoms in total. The number of imidazole rings is 1. The third kappa shape index (κ3) is 2.86. The minimum absolute atomic E-state index is 0.116. The third-order valence-electron chi connectivity index (χ3n) is 2.45. The number of hydrogen-bond donors (Lipinski definition) is 2.